The number of rotatable bonds is 4. The Bertz CT molecular complexity index is 535. The second kappa shape index (κ2) is 5.35. The molecule has 1 N–H and O–H groups in total. The van der Waals surface area contributed by atoms with Crippen LogP contribution in [-0.2, 0) is 0 Å². The Labute approximate surface area is 127 Å². The summed E-state index contributed by atoms with van der Waals surface area (Å²) < 4.78 is 0.738. The molecule has 0 heterocycles. The van der Waals surface area contributed by atoms with Crippen LogP contribution in [0, 0.1) is 27.9 Å². The van der Waals surface area contributed by atoms with E-state index in [1.54, 1.807) is 12.1 Å². The third kappa shape index (κ3) is 2.55. The Balaban J connectivity index is 1.76. The minimum absolute atomic E-state index is 0.148. The molecule has 0 spiro atoms. The van der Waals surface area contributed by atoms with Crippen LogP contribution in [0.1, 0.15) is 32.6 Å². The first-order valence-electron chi connectivity index (χ1n) is 7.25. The van der Waals surface area contributed by atoms with E-state index < -0.39 is 0 Å². The van der Waals surface area contributed by atoms with Crippen molar-refractivity contribution in [3.8, 4) is 0 Å². The lowest BCUT2D eigenvalue weighted by Gasteiger charge is -2.29. The zero-order chi connectivity index (χ0) is 14.3. The molecule has 2 aliphatic carbocycles. The average Bonchev–Trinajstić information content (AvgIpc) is 3.03. The van der Waals surface area contributed by atoms with Crippen molar-refractivity contribution < 1.29 is 4.92 Å². The molecular weight excluding hydrogens is 320 g/mol. The van der Waals surface area contributed by atoms with Gasteiger partial charge in [0, 0.05) is 16.6 Å². The Morgan fingerprint density at radius 1 is 1.40 bits per heavy atom. The lowest BCUT2D eigenvalue weighted by molar-refractivity contribution is -0.384. The van der Waals surface area contributed by atoms with E-state index in [0.717, 1.165) is 16.3 Å². The minimum Gasteiger partial charge on any atom is -0.377 e. The average molecular weight is 339 g/mol. The Morgan fingerprint density at radius 2 is 2.20 bits per heavy atom. The summed E-state index contributed by atoms with van der Waals surface area (Å²) in [6, 6.07) is 5.51. The Hall–Kier alpha value is -1.10. The molecule has 2 saturated carbocycles. The molecule has 0 aromatic heterocycles. The molecule has 4 unspecified atom stereocenters. The van der Waals surface area contributed by atoms with Crippen molar-refractivity contribution in [2.24, 2.45) is 17.8 Å². The van der Waals surface area contributed by atoms with Gasteiger partial charge in [-0.2, -0.15) is 0 Å². The normalized spacial score (nSPS) is 29.4. The van der Waals surface area contributed by atoms with Crippen LogP contribution in [0.2, 0.25) is 0 Å². The number of nitro groups is 1. The number of hydrogen-bond donors (Lipinski definition) is 1. The van der Waals surface area contributed by atoms with Gasteiger partial charge in [-0.25, -0.2) is 0 Å². The molecule has 2 aliphatic rings. The van der Waals surface area contributed by atoms with Crippen LogP contribution in [0.15, 0.2) is 22.7 Å². The first-order valence-corrected chi connectivity index (χ1v) is 8.04. The number of anilines is 1. The van der Waals surface area contributed by atoms with Crippen molar-refractivity contribution in [1.82, 2.24) is 0 Å². The van der Waals surface area contributed by atoms with Gasteiger partial charge in [0.1, 0.15) is 5.69 Å². The van der Waals surface area contributed by atoms with Crippen molar-refractivity contribution in [2.45, 2.75) is 38.6 Å². The molecule has 5 heteroatoms. The number of nitro benzene ring substituents is 1. The maximum atomic E-state index is 11.1. The number of nitrogens with one attached hydrogen (secondary N) is 1. The van der Waals surface area contributed by atoms with Crippen molar-refractivity contribution in [2.75, 3.05) is 5.32 Å². The SMILES string of the molecule is CC(Nc1ccc(Br)cc1[N+](=O)[O-])C1CC2CCC1C2. The highest BCUT2D eigenvalue weighted by Gasteiger charge is 2.42. The largest absolute Gasteiger partial charge is 0.377 e. The third-order valence-corrected chi connectivity index (χ3v) is 5.47. The molecule has 0 amide bonds. The van der Waals surface area contributed by atoms with Gasteiger partial charge in [-0.15, -0.1) is 0 Å². The maximum absolute atomic E-state index is 11.1. The standard InChI is InChI=1S/C15H19BrN2O2/c1-9(13-7-10-2-3-11(13)6-10)17-14-5-4-12(16)8-15(14)18(19)20/h4-5,8-11,13,17H,2-3,6-7H2,1H3. The number of halogens is 1. The third-order valence-electron chi connectivity index (χ3n) is 4.97. The molecule has 0 saturated heterocycles. The summed E-state index contributed by atoms with van der Waals surface area (Å²) in [5.41, 5.74) is 0.780. The molecular formula is C15H19BrN2O2. The predicted octanol–water partition coefficient (Wildman–Crippen LogP) is 4.59. The Kier molecular flexibility index (Phi) is 3.71. The highest BCUT2D eigenvalue weighted by atomic mass is 79.9. The molecule has 4 nitrogen and oxygen atoms in total. The molecule has 1 aromatic rings. The van der Waals surface area contributed by atoms with Gasteiger partial charge in [-0.1, -0.05) is 22.4 Å². The van der Waals surface area contributed by atoms with E-state index in [4.69, 9.17) is 0 Å². The number of hydrogen-bond acceptors (Lipinski definition) is 3. The van der Waals surface area contributed by atoms with E-state index in [-0.39, 0.29) is 10.6 Å². The molecule has 3 rings (SSSR count). The topological polar surface area (TPSA) is 55.2 Å². The fourth-order valence-electron chi connectivity index (χ4n) is 4.04. The van der Waals surface area contributed by atoms with Gasteiger partial charge in [0.25, 0.3) is 5.69 Å². The van der Waals surface area contributed by atoms with Crippen molar-refractivity contribution >= 4 is 27.3 Å². The molecule has 108 valence electrons. The van der Waals surface area contributed by atoms with Gasteiger partial charge in [0.2, 0.25) is 0 Å². The molecule has 2 bridgehead atoms. The summed E-state index contributed by atoms with van der Waals surface area (Å²) in [5, 5.41) is 14.5. The summed E-state index contributed by atoms with van der Waals surface area (Å²) in [4.78, 5) is 10.8. The van der Waals surface area contributed by atoms with Crippen LogP contribution < -0.4 is 5.32 Å². The summed E-state index contributed by atoms with van der Waals surface area (Å²) in [5.74, 6) is 2.38. The number of benzene rings is 1. The lowest BCUT2D eigenvalue weighted by atomic mass is 9.84. The van der Waals surface area contributed by atoms with Crippen LogP contribution in [0.4, 0.5) is 11.4 Å². The summed E-state index contributed by atoms with van der Waals surface area (Å²) in [6.07, 6.45) is 5.36. The zero-order valence-corrected chi connectivity index (χ0v) is 13.1. The first kappa shape index (κ1) is 13.9. The van der Waals surface area contributed by atoms with Crippen molar-refractivity contribution in [3.05, 3.63) is 32.8 Å². The van der Waals surface area contributed by atoms with E-state index >= 15 is 0 Å². The van der Waals surface area contributed by atoms with Crippen molar-refractivity contribution in [3.63, 3.8) is 0 Å². The lowest BCUT2D eigenvalue weighted by Crippen LogP contribution is -2.30. The van der Waals surface area contributed by atoms with Crippen LogP contribution in [0.25, 0.3) is 0 Å². The molecule has 4 atom stereocenters. The zero-order valence-electron chi connectivity index (χ0n) is 11.5. The van der Waals surface area contributed by atoms with Crippen molar-refractivity contribution in [1.29, 1.82) is 0 Å². The van der Waals surface area contributed by atoms with Gasteiger partial charge in [-0.05, 0) is 56.1 Å². The van der Waals surface area contributed by atoms with Gasteiger partial charge in [0.15, 0.2) is 0 Å². The van der Waals surface area contributed by atoms with Crippen LogP contribution in [0.3, 0.4) is 0 Å². The van der Waals surface area contributed by atoms with Gasteiger partial charge < -0.3 is 5.32 Å². The number of fused-ring (bicyclic) bond motifs is 2. The molecule has 2 fully saturated rings. The summed E-state index contributed by atoms with van der Waals surface area (Å²) in [6.45, 7) is 2.16. The predicted molar refractivity (Wildman–Crippen MR) is 82.8 cm³/mol. The molecule has 0 aliphatic heterocycles. The van der Waals surface area contributed by atoms with E-state index in [1.807, 2.05) is 6.07 Å². The molecule has 20 heavy (non-hydrogen) atoms. The fraction of sp³-hybridized carbons (Fsp3) is 0.600. The smallest absolute Gasteiger partial charge is 0.293 e. The van der Waals surface area contributed by atoms with E-state index in [0.29, 0.717) is 17.6 Å². The van der Waals surface area contributed by atoms with Gasteiger partial charge >= 0.3 is 0 Å². The highest BCUT2D eigenvalue weighted by Crippen LogP contribution is 2.50. The second-order valence-electron chi connectivity index (χ2n) is 6.19. The maximum Gasteiger partial charge on any atom is 0.293 e. The van der Waals surface area contributed by atoms with E-state index in [9.17, 15) is 10.1 Å². The van der Waals surface area contributed by atoms with Gasteiger partial charge in [-0.3, -0.25) is 10.1 Å². The van der Waals surface area contributed by atoms with Crippen LogP contribution in [-0.4, -0.2) is 11.0 Å². The molecule has 1 aromatic carbocycles. The molecule has 0 radical (unpaired) electrons. The second-order valence-corrected chi connectivity index (χ2v) is 7.11. The monoisotopic (exact) mass is 338 g/mol. The summed E-state index contributed by atoms with van der Waals surface area (Å²) in [7, 11) is 0. The number of nitrogens with zero attached hydrogens (tertiary/aromatic N) is 1. The van der Waals surface area contributed by atoms with Crippen LogP contribution >= 0.6 is 15.9 Å². The summed E-state index contributed by atoms with van der Waals surface area (Å²) >= 11 is 3.29. The fourth-order valence-corrected chi connectivity index (χ4v) is 4.39. The van der Waals surface area contributed by atoms with Crippen LogP contribution in [0.5, 0.6) is 0 Å². The highest BCUT2D eigenvalue weighted by molar-refractivity contribution is 9.10. The minimum atomic E-state index is -0.319. The first-order chi connectivity index (χ1) is 9.54. The quantitative estimate of drug-likeness (QED) is 0.645. The van der Waals surface area contributed by atoms with E-state index in [2.05, 4.69) is 28.2 Å². The van der Waals surface area contributed by atoms with E-state index in [1.165, 1.54) is 25.7 Å². The Morgan fingerprint density at radius 3 is 2.80 bits per heavy atom. The van der Waals surface area contributed by atoms with Gasteiger partial charge in [0.05, 0.1) is 4.92 Å².